The quantitative estimate of drug-likeness (QED) is 0.553. The Labute approximate surface area is 181 Å². The summed E-state index contributed by atoms with van der Waals surface area (Å²) in [5.41, 5.74) is 3.34. The van der Waals surface area contributed by atoms with E-state index >= 15 is 0 Å². The lowest BCUT2D eigenvalue weighted by atomic mass is 10.2. The van der Waals surface area contributed by atoms with Crippen molar-refractivity contribution >= 4 is 27.5 Å². The molecule has 156 valence electrons. The van der Waals surface area contributed by atoms with E-state index in [0.29, 0.717) is 19.4 Å². The molecule has 0 bridgehead atoms. The molecule has 1 aliphatic rings. The lowest BCUT2D eigenvalue weighted by molar-refractivity contribution is -0.116. The van der Waals surface area contributed by atoms with Gasteiger partial charge in [-0.2, -0.15) is 0 Å². The largest absolute Gasteiger partial charge is 0.492 e. The van der Waals surface area contributed by atoms with Crippen molar-refractivity contribution in [3.8, 4) is 5.75 Å². The molecule has 0 radical (unpaired) electrons. The fourth-order valence-corrected chi connectivity index (χ4v) is 3.77. The molecule has 1 aliphatic heterocycles. The standard InChI is InChI=1S/C23H29BrN2O3/c1-2-18-7-10-22(21(24)16-18)29-13-3-4-23(27)25-20-8-5-19(6-9-20)17-26-11-14-28-15-12-26/h5-10,16H,2-4,11-15,17H2,1H3,(H,25,27). The fourth-order valence-electron chi connectivity index (χ4n) is 3.23. The first kappa shape index (κ1) is 21.8. The Morgan fingerprint density at radius 1 is 1.14 bits per heavy atom. The van der Waals surface area contributed by atoms with Gasteiger partial charge < -0.3 is 14.8 Å². The molecule has 6 heteroatoms. The van der Waals surface area contributed by atoms with E-state index in [0.717, 1.165) is 55.2 Å². The molecule has 3 rings (SSSR count). The van der Waals surface area contributed by atoms with Gasteiger partial charge in [-0.25, -0.2) is 0 Å². The molecule has 0 spiro atoms. The van der Waals surface area contributed by atoms with Crippen molar-refractivity contribution in [2.75, 3.05) is 38.2 Å². The summed E-state index contributed by atoms with van der Waals surface area (Å²) in [5, 5.41) is 2.96. The third-order valence-electron chi connectivity index (χ3n) is 4.96. The van der Waals surface area contributed by atoms with Crippen LogP contribution in [0.5, 0.6) is 5.75 Å². The molecule has 5 nitrogen and oxygen atoms in total. The minimum Gasteiger partial charge on any atom is -0.492 e. The number of hydrogen-bond donors (Lipinski definition) is 1. The first-order valence-corrected chi connectivity index (χ1v) is 11.0. The zero-order valence-corrected chi connectivity index (χ0v) is 18.5. The Bertz CT molecular complexity index is 789. The van der Waals surface area contributed by atoms with Crippen molar-refractivity contribution in [1.82, 2.24) is 4.90 Å². The zero-order valence-electron chi connectivity index (χ0n) is 17.0. The summed E-state index contributed by atoms with van der Waals surface area (Å²) < 4.78 is 12.1. The third kappa shape index (κ3) is 7.14. The zero-order chi connectivity index (χ0) is 20.5. The number of nitrogens with zero attached hydrogens (tertiary/aromatic N) is 1. The van der Waals surface area contributed by atoms with Gasteiger partial charge in [-0.05, 0) is 64.2 Å². The van der Waals surface area contributed by atoms with Gasteiger partial charge in [-0.1, -0.05) is 25.1 Å². The maximum absolute atomic E-state index is 12.2. The van der Waals surface area contributed by atoms with Crippen molar-refractivity contribution in [2.24, 2.45) is 0 Å². The number of anilines is 1. The summed E-state index contributed by atoms with van der Waals surface area (Å²) in [6.07, 6.45) is 2.09. The van der Waals surface area contributed by atoms with Gasteiger partial charge in [-0.3, -0.25) is 9.69 Å². The van der Waals surface area contributed by atoms with E-state index in [4.69, 9.17) is 9.47 Å². The highest BCUT2D eigenvalue weighted by Gasteiger charge is 2.11. The monoisotopic (exact) mass is 460 g/mol. The van der Waals surface area contributed by atoms with Crippen LogP contribution in [0.25, 0.3) is 0 Å². The Morgan fingerprint density at radius 2 is 1.86 bits per heavy atom. The van der Waals surface area contributed by atoms with E-state index in [1.807, 2.05) is 18.2 Å². The number of hydrogen-bond acceptors (Lipinski definition) is 4. The average Bonchev–Trinajstić information content (AvgIpc) is 2.74. The van der Waals surface area contributed by atoms with Gasteiger partial charge in [0.25, 0.3) is 0 Å². The van der Waals surface area contributed by atoms with E-state index in [1.165, 1.54) is 11.1 Å². The molecule has 1 N–H and O–H groups in total. The van der Waals surface area contributed by atoms with E-state index < -0.39 is 0 Å². The number of aryl methyl sites for hydroxylation is 1. The highest BCUT2D eigenvalue weighted by Crippen LogP contribution is 2.26. The van der Waals surface area contributed by atoms with Crippen LogP contribution in [-0.4, -0.2) is 43.7 Å². The summed E-state index contributed by atoms with van der Waals surface area (Å²) in [4.78, 5) is 14.6. The van der Waals surface area contributed by atoms with Crippen LogP contribution < -0.4 is 10.1 Å². The average molecular weight is 461 g/mol. The number of carbonyl (C=O) groups is 1. The molecule has 2 aromatic rings. The van der Waals surface area contributed by atoms with Gasteiger partial charge in [-0.15, -0.1) is 0 Å². The molecule has 29 heavy (non-hydrogen) atoms. The number of nitrogens with one attached hydrogen (secondary N) is 1. The Hall–Kier alpha value is -1.89. The van der Waals surface area contributed by atoms with E-state index in [-0.39, 0.29) is 5.91 Å². The van der Waals surface area contributed by atoms with Crippen LogP contribution in [0.15, 0.2) is 46.9 Å². The number of morpholine rings is 1. The fraction of sp³-hybridized carbons (Fsp3) is 0.435. The van der Waals surface area contributed by atoms with Gasteiger partial charge in [0.2, 0.25) is 5.91 Å². The Morgan fingerprint density at radius 3 is 2.55 bits per heavy atom. The smallest absolute Gasteiger partial charge is 0.224 e. The molecular formula is C23H29BrN2O3. The normalized spacial score (nSPS) is 14.6. The van der Waals surface area contributed by atoms with Crippen molar-refractivity contribution in [2.45, 2.75) is 32.7 Å². The number of amides is 1. The topological polar surface area (TPSA) is 50.8 Å². The lowest BCUT2D eigenvalue weighted by Crippen LogP contribution is -2.35. The van der Waals surface area contributed by atoms with Crippen LogP contribution in [0.2, 0.25) is 0 Å². The predicted octanol–water partition coefficient (Wildman–Crippen LogP) is 4.64. The molecule has 0 aromatic heterocycles. The summed E-state index contributed by atoms with van der Waals surface area (Å²) in [6, 6.07) is 14.2. The maximum Gasteiger partial charge on any atom is 0.224 e. The second kappa shape index (κ2) is 11.3. The molecule has 2 aromatic carbocycles. The van der Waals surface area contributed by atoms with Crippen molar-refractivity contribution < 1.29 is 14.3 Å². The molecule has 1 saturated heterocycles. The van der Waals surface area contributed by atoms with E-state index in [9.17, 15) is 4.79 Å². The van der Waals surface area contributed by atoms with Gasteiger partial charge in [0, 0.05) is 31.7 Å². The highest BCUT2D eigenvalue weighted by atomic mass is 79.9. The van der Waals surface area contributed by atoms with Crippen LogP contribution in [0, 0.1) is 0 Å². The summed E-state index contributed by atoms with van der Waals surface area (Å²) in [5.74, 6) is 0.827. The lowest BCUT2D eigenvalue weighted by Gasteiger charge is -2.26. The minimum absolute atomic E-state index is 0.00919. The number of carbonyl (C=O) groups excluding carboxylic acids is 1. The van der Waals surface area contributed by atoms with E-state index in [1.54, 1.807) is 0 Å². The van der Waals surface area contributed by atoms with Crippen LogP contribution in [0.3, 0.4) is 0 Å². The molecule has 0 saturated carbocycles. The molecule has 1 amide bonds. The Balaban J connectivity index is 1.37. The van der Waals surface area contributed by atoms with Gasteiger partial charge in [0.05, 0.1) is 24.3 Å². The van der Waals surface area contributed by atoms with Crippen LogP contribution in [0.1, 0.15) is 30.9 Å². The molecular weight excluding hydrogens is 432 g/mol. The number of rotatable bonds is 9. The van der Waals surface area contributed by atoms with Gasteiger partial charge in [0.1, 0.15) is 5.75 Å². The first-order valence-electron chi connectivity index (χ1n) is 10.2. The van der Waals surface area contributed by atoms with Crippen molar-refractivity contribution in [3.05, 3.63) is 58.1 Å². The predicted molar refractivity (Wildman–Crippen MR) is 119 cm³/mol. The van der Waals surface area contributed by atoms with Gasteiger partial charge in [0.15, 0.2) is 0 Å². The molecule has 1 fully saturated rings. The number of ether oxygens (including phenoxy) is 2. The molecule has 1 heterocycles. The Kier molecular flexibility index (Phi) is 8.52. The van der Waals surface area contributed by atoms with Crippen molar-refractivity contribution in [1.29, 1.82) is 0 Å². The molecule has 0 aliphatic carbocycles. The molecule has 0 unspecified atom stereocenters. The van der Waals surface area contributed by atoms with Crippen LogP contribution >= 0.6 is 15.9 Å². The summed E-state index contributed by atoms with van der Waals surface area (Å²) in [7, 11) is 0. The second-order valence-electron chi connectivity index (χ2n) is 7.20. The number of benzene rings is 2. The van der Waals surface area contributed by atoms with Crippen molar-refractivity contribution in [3.63, 3.8) is 0 Å². The summed E-state index contributed by atoms with van der Waals surface area (Å²) >= 11 is 3.54. The van der Waals surface area contributed by atoms with Gasteiger partial charge >= 0.3 is 0 Å². The summed E-state index contributed by atoms with van der Waals surface area (Å²) in [6.45, 7) is 7.11. The molecule has 0 atom stereocenters. The maximum atomic E-state index is 12.2. The van der Waals surface area contributed by atoms with E-state index in [2.05, 4.69) is 57.3 Å². The SMILES string of the molecule is CCc1ccc(OCCCC(=O)Nc2ccc(CN3CCOCC3)cc2)c(Br)c1. The highest BCUT2D eigenvalue weighted by molar-refractivity contribution is 9.10. The van der Waals surface area contributed by atoms with Crippen LogP contribution in [-0.2, 0) is 22.5 Å². The first-order chi connectivity index (χ1) is 14.1. The second-order valence-corrected chi connectivity index (χ2v) is 8.06. The van der Waals surface area contributed by atoms with Crippen LogP contribution in [0.4, 0.5) is 5.69 Å². The third-order valence-corrected chi connectivity index (χ3v) is 5.58. The minimum atomic E-state index is 0.00919. The number of halogens is 1.